The van der Waals surface area contributed by atoms with E-state index in [9.17, 15) is 14.4 Å². The Morgan fingerprint density at radius 2 is 1.93 bits per heavy atom. The first-order valence-corrected chi connectivity index (χ1v) is 15.4. The van der Waals surface area contributed by atoms with Gasteiger partial charge >= 0.3 is 0 Å². The Morgan fingerprint density at radius 1 is 1.18 bits per heavy atom. The molecular formula is C29H40ClN5O4S. The van der Waals surface area contributed by atoms with E-state index >= 15 is 0 Å². The molecular weight excluding hydrogens is 550 g/mol. The minimum Gasteiger partial charge on any atom is -0.379 e. The third-order valence-corrected chi connectivity index (χ3v) is 8.89. The van der Waals surface area contributed by atoms with Crippen LogP contribution < -0.4 is 16.0 Å². The second-order valence-electron chi connectivity index (χ2n) is 10.6. The number of morpholine rings is 1. The smallest absolute Gasteiger partial charge is 0.247 e. The van der Waals surface area contributed by atoms with Crippen molar-refractivity contribution in [3.63, 3.8) is 0 Å². The van der Waals surface area contributed by atoms with E-state index in [1.54, 1.807) is 13.0 Å². The van der Waals surface area contributed by atoms with Gasteiger partial charge in [-0.2, -0.15) is 0 Å². The molecule has 40 heavy (non-hydrogen) atoms. The Kier molecular flexibility index (Phi) is 11.3. The predicted octanol–water partition coefficient (Wildman–Crippen LogP) is 3.46. The molecule has 1 aromatic carbocycles. The number of ether oxygens (including phenoxy) is 1. The van der Waals surface area contributed by atoms with Gasteiger partial charge in [-0.05, 0) is 37.0 Å². The number of nitrogens with zero attached hydrogens (tertiary/aromatic N) is 2. The molecule has 2 aliphatic rings. The van der Waals surface area contributed by atoms with E-state index in [-0.39, 0.29) is 42.5 Å². The fraction of sp³-hybridized carbons (Fsp3) is 0.586. The lowest BCUT2D eigenvalue weighted by Gasteiger charge is -2.32. The van der Waals surface area contributed by atoms with Gasteiger partial charge in [0, 0.05) is 55.7 Å². The number of amides is 3. The molecule has 1 aliphatic carbocycles. The van der Waals surface area contributed by atoms with E-state index in [1.165, 1.54) is 17.8 Å². The molecule has 1 aliphatic heterocycles. The molecule has 9 nitrogen and oxygen atoms in total. The lowest BCUT2D eigenvalue weighted by molar-refractivity contribution is -0.129. The molecule has 0 bridgehead atoms. The second kappa shape index (κ2) is 14.9. The van der Waals surface area contributed by atoms with Crippen molar-refractivity contribution in [3.05, 3.63) is 40.4 Å². The summed E-state index contributed by atoms with van der Waals surface area (Å²) in [6, 6.07) is 4.47. The number of fused-ring (bicyclic) bond motifs is 1. The first-order valence-electron chi connectivity index (χ1n) is 14.2. The number of nitrogens with one attached hydrogen (secondary N) is 3. The average Bonchev–Trinajstić information content (AvgIpc) is 3.36. The van der Waals surface area contributed by atoms with Crippen LogP contribution in [0.2, 0.25) is 5.02 Å². The Bertz CT molecular complexity index is 1190. The molecule has 11 heteroatoms. The topological polar surface area (TPSA) is 113 Å². The third-order valence-electron chi connectivity index (χ3n) is 7.61. The van der Waals surface area contributed by atoms with Crippen LogP contribution in [0.5, 0.6) is 0 Å². The molecule has 0 radical (unpaired) electrons. The highest BCUT2D eigenvalue weighted by Crippen LogP contribution is 2.28. The number of carbonyl (C=O) groups is 3. The van der Waals surface area contributed by atoms with Crippen molar-refractivity contribution in [3.8, 4) is 0 Å². The number of aromatic nitrogens is 1. The maximum atomic E-state index is 13.6. The van der Waals surface area contributed by atoms with Gasteiger partial charge in [-0.25, -0.2) is 4.98 Å². The van der Waals surface area contributed by atoms with Gasteiger partial charge in [-0.3, -0.25) is 19.3 Å². The lowest BCUT2D eigenvalue weighted by atomic mass is 9.83. The van der Waals surface area contributed by atoms with Crippen molar-refractivity contribution in [1.29, 1.82) is 0 Å². The van der Waals surface area contributed by atoms with Crippen LogP contribution in [0.4, 0.5) is 0 Å². The Morgan fingerprint density at radius 3 is 2.65 bits per heavy atom. The van der Waals surface area contributed by atoms with Gasteiger partial charge in [-0.1, -0.05) is 44.4 Å². The molecule has 3 N–H and O–H groups in total. The summed E-state index contributed by atoms with van der Waals surface area (Å²) in [6.45, 7) is 9.43. The Balaban J connectivity index is 1.42. The van der Waals surface area contributed by atoms with E-state index < -0.39 is 6.04 Å². The van der Waals surface area contributed by atoms with E-state index in [2.05, 4.69) is 32.4 Å². The first-order chi connectivity index (χ1) is 19.3. The third kappa shape index (κ3) is 8.73. The Hall–Kier alpha value is -2.53. The number of halogens is 1. The lowest BCUT2D eigenvalue weighted by Crippen LogP contribution is -2.55. The molecule has 2 atom stereocenters. The minimum atomic E-state index is -0.776. The number of thiazole rings is 1. The maximum Gasteiger partial charge on any atom is 0.247 e. The molecule has 2 heterocycles. The minimum absolute atomic E-state index is 0.203. The fourth-order valence-electron chi connectivity index (χ4n) is 5.30. The molecule has 2 aromatic rings. The summed E-state index contributed by atoms with van der Waals surface area (Å²) in [4.78, 5) is 45.7. The van der Waals surface area contributed by atoms with Crippen LogP contribution in [0.1, 0.15) is 50.5 Å². The van der Waals surface area contributed by atoms with Crippen molar-refractivity contribution in [2.24, 2.45) is 5.92 Å². The van der Waals surface area contributed by atoms with E-state index in [4.69, 9.17) is 16.3 Å². The highest BCUT2D eigenvalue weighted by Gasteiger charge is 2.30. The monoisotopic (exact) mass is 589 g/mol. The highest BCUT2D eigenvalue weighted by atomic mass is 35.5. The van der Waals surface area contributed by atoms with E-state index in [1.807, 2.05) is 12.1 Å². The van der Waals surface area contributed by atoms with Gasteiger partial charge in [0.1, 0.15) is 6.04 Å². The van der Waals surface area contributed by atoms with Gasteiger partial charge in [0.05, 0.1) is 28.4 Å². The standard InChI is InChI=1S/C29H40ClN5O4S/c1-3-26(36)32-23(16-27-33-22-10-9-21(30)15-25(22)40-27)29(38)34-24(20-7-5-4-6-8-20)17-31-28(37)19(2)18-35-11-13-39-14-12-35/h9-10,15,20,23-24H,2-8,11-14,16-18H2,1H3,(H,31,37)(H,32,36)(H,34,38)/t23-,24+/m0/s1. The molecule has 1 saturated carbocycles. The first kappa shape index (κ1) is 30.4. The summed E-state index contributed by atoms with van der Waals surface area (Å²) in [5, 5.41) is 10.5. The second-order valence-corrected chi connectivity index (χ2v) is 12.2. The maximum absolute atomic E-state index is 13.6. The van der Waals surface area contributed by atoms with Gasteiger partial charge in [0.25, 0.3) is 0 Å². The van der Waals surface area contributed by atoms with Gasteiger partial charge in [0.2, 0.25) is 17.7 Å². The van der Waals surface area contributed by atoms with E-state index in [0.29, 0.717) is 36.9 Å². The van der Waals surface area contributed by atoms with Gasteiger partial charge in [0.15, 0.2) is 0 Å². The van der Waals surface area contributed by atoms with Crippen molar-refractivity contribution < 1.29 is 19.1 Å². The van der Waals surface area contributed by atoms with Crippen molar-refractivity contribution >= 4 is 50.9 Å². The van der Waals surface area contributed by atoms with Crippen LogP contribution in [0.3, 0.4) is 0 Å². The summed E-state index contributed by atoms with van der Waals surface area (Å²) < 4.78 is 6.32. The number of benzene rings is 1. The van der Waals surface area contributed by atoms with Crippen LogP contribution in [-0.2, 0) is 25.5 Å². The summed E-state index contributed by atoms with van der Waals surface area (Å²) >= 11 is 7.60. The molecule has 1 aromatic heterocycles. The normalized spacial score (nSPS) is 18.1. The molecule has 0 spiro atoms. The van der Waals surface area contributed by atoms with Crippen LogP contribution >= 0.6 is 22.9 Å². The quantitative estimate of drug-likeness (QED) is 0.327. The zero-order valence-electron chi connectivity index (χ0n) is 23.2. The van der Waals surface area contributed by atoms with Gasteiger partial charge in [-0.15, -0.1) is 11.3 Å². The Labute approximate surface area is 245 Å². The summed E-state index contributed by atoms with van der Waals surface area (Å²) in [5.41, 5.74) is 1.31. The molecule has 3 amide bonds. The van der Waals surface area contributed by atoms with Crippen LogP contribution in [0.25, 0.3) is 10.2 Å². The number of hydrogen-bond donors (Lipinski definition) is 3. The average molecular weight is 590 g/mol. The summed E-state index contributed by atoms with van der Waals surface area (Å²) in [5.74, 6) is -0.426. The van der Waals surface area contributed by atoms with E-state index in [0.717, 1.165) is 54.0 Å². The summed E-state index contributed by atoms with van der Waals surface area (Å²) in [6.07, 6.45) is 5.89. The molecule has 2 fully saturated rings. The predicted molar refractivity (Wildman–Crippen MR) is 158 cm³/mol. The number of carbonyl (C=O) groups excluding carboxylic acids is 3. The number of rotatable bonds is 12. The zero-order valence-corrected chi connectivity index (χ0v) is 24.7. The van der Waals surface area contributed by atoms with Crippen molar-refractivity contribution in [2.75, 3.05) is 39.4 Å². The zero-order chi connectivity index (χ0) is 28.5. The fourth-order valence-corrected chi connectivity index (χ4v) is 6.59. The molecule has 0 unspecified atom stereocenters. The number of hydrogen-bond acceptors (Lipinski definition) is 7. The van der Waals surface area contributed by atoms with Crippen molar-refractivity contribution in [1.82, 2.24) is 25.8 Å². The largest absolute Gasteiger partial charge is 0.379 e. The van der Waals surface area contributed by atoms with Gasteiger partial charge < -0.3 is 20.7 Å². The van der Waals surface area contributed by atoms with Crippen LogP contribution in [0.15, 0.2) is 30.4 Å². The highest BCUT2D eigenvalue weighted by molar-refractivity contribution is 7.18. The van der Waals surface area contributed by atoms with Crippen LogP contribution in [0, 0.1) is 5.92 Å². The molecule has 1 saturated heterocycles. The van der Waals surface area contributed by atoms with Crippen LogP contribution in [-0.4, -0.2) is 79.1 Å². The molecule has 218 valence electrons. The summed E-state index contributed by atoms with van der Waals surface area (Å²) in [7, 11) is 0. The van der Waals surface area contributed by atoms with Crippen molar-refractivity contribution in [2.45, 2.75) is 64.0 Å². The molecule has 4 rings (SSSR count). The SMILES string of the molecule is C=C(CN1CCOCC1)C(=O)NC[C@@H](NC(=O)[C@H](Cc1nc2ccc(Cl)cc2s1)NC(=O)CC)C1CCCCC1.